The van der Waals surface area contributed by atoms with Crippen molar-refractivity contribution in [2.45, 2.75) is 33.1 Å². The molecule has 0 aromatic rings. The molecule has 0 spiro atoms. The summed E-state index contributed by atoms with van der Waals surface area (Å²) in [7, 11) is -1.26. The highest BCUT2D eigenvalue weighted by atomic mass is 32.2. The molecule has 20 heavy (non-hydrogen) atoms. The van der Waals surface area contributed by atoms with Crippen molar-refractivity contribution in [1.82, 2.24) is 14.9 Å². The van der Waals surface area contributed by atoms with Crippen LogP contribution in [0.2, 0.25) is 0 Å². The van der Waals surface area contributed by atoms with Gasteiger partial charge in [-0.05, 0) is 12.3 Å². The Balaban J connectivity index is 2.28. The van der Waals surface area contributed by atoms with Gasteiger partial charge < -0.3 is 10.6 Å². The Kier molecular flexibility index (Phi) is 7.29. The molecule has 7 heteroatoms. The summed E-state index contributed by atoms with van der Waals surface area (Å²) in [6.45, 7) is 7.00. The summed E-state index contributed by atoms with van der Waals surface area (Å²) in [5, 5.41) is 6.46. The Morgan fingerprint density at radius 2 is 2.00 bits per heavy atom. The molecular weight excluding hydrogens is 276 g/mol. The van der Waals surface area contributed by atoms with Crippen molar-refractivity contribution < 1.29 is 8.42 Å². The summed E-state index contributed by atoms with van der Waals surface area (Å²) in [5.41, 5.74) is 0. The van der Waals surface area contributed by atoms with Crippen LogP contribution < -0.4 is 10.6 Å². The van der Waals surface area contributed by atoms with E-state index in [-0.39, 0.29) is 5.75 Å². The molecule has 1 saturated heterocycles. The molecule has 0 bridgehead atoms. The van der Waals surface area contributed by atoms with Crippen molar-refractivity contribution in [2.75, 3.05) is 39.0 Å². The second-order valence-corrected chi connectivity index (χ2v) is 7.22. The predicted molar refractivity (Wildman–Crippen MR) is 83.4 cm³/mol. The van der Waals surface area contributed by atoms with E-state index in [0.717, 1.165) is 31.8 Å². The standard InChI is InChI=1S/C13H28N4O2S/c1-4-12(5-2)11-16-13(14-3)15-7-9-17-8-6-10-20(17,18)19/h12H,4-11H2,1-3H3,(H2,14,15,16). The normalized spacial score (nSPS) is 19.5. The first-order valence-corrected chi connectivity index (χ1v) is 9.06. The molecule has 0 aromatic carbocycles. The Bertz CT molecular complexity index is 405. The lowest BCUT2D eigenvalue weighted by Crippen LogP contribution is -2.43. The maximum absolute atomic E-state index is 11.7. The van der Waals surface area contributed by atoms with Crippen LogP contribution in [0.4, 0.5) is 0 Å². The second kappa shape index (κ2) is 8.46. The smallest absolute Gasteiger partial charge is 0.214 e. The first-order chi connectivity index (χ1) is 9.53. The lowest BCUT2D eigenvalue weighted by molar-refractivity contribution is 0.443. The third kappa shape index (κ3) is 5.28. The molecule has 0 radical (unpaired) electrons. The lowest BCUT2D eigenvalue weighted by atomic mass is 10.0. The van der Waals surface area contributed by atoms with Crippen LogP contribution >= 0.6 is 0 Å². The van der Waals surface area contributed by atoms with E-state index in [1.54, 1.807) is 11.4 Å². The number of hydrogen-bond acceptors (Lipinski definition) is 3. The molecule has 0 aliphatic carbocycles. The number of rotatable bonds is 7. The van der Waals surface area contributed by atoms with Gasteiger partial charge in [-0.25, -0.2) is 12.7 Å². The van der Waals surface area contributed by atoms with Crippen LogP contribution in [-0.4, -0.2) is 57.7 Å². The fourth-order valence-electron chi connectivity index (χ4n) is 2.28. The fourth-order valence-corrected chi connectivity index (χ4v) is 3.81. The van der Waals surface area contributed by atoms with Crippen LogP contribution in [0.1, 0.15) is 33.1 Å². The summed E-state index contributed by atoms with van der Waals surface area (Å²) in [4.78, 5) is 4.16. The number of nitrogens with one attached hydrogen (secondary N) is 2. The fraction of sp³-hybridized carbons (Fsp3) is 0.923. The zero-order valence-electron chi connectivity index (χ0n) is 12.9. The van der Waals surface area contributed by atoms with Gasteiger partial charge in [-0.3, -0.25) is 4.99 Å². The van der Waals surface area contributed by atoms with Gasteiger partial charge in [0.15, 0.2) is 5.96 Å². The minimum absolute atomic E-state index is 0.286. The third-order valence-electron chi connectivity index (χ3n) is 3.79. The van der Waals surface area contributed by atoms with E-state index in [1.165, 1.54) is 0 Å². The van der Waals surface area contributed by atoms with E-state index in [0.29, 0.717) is 25.6 Å². The van der Waals surface area contributed by atoms with Crippen LogP contribution in [0.25, 0.3) is 0 Å². The van der Waals surface area contributed by atoms with Gasteiger partial charge in [0.1, 0.15) is 0 Å². The maximum atomic E-state index is 11.7. The molecule has 0 unspecified atom stereocenters. The molecule has 0 amide bonds. The topological polar surface area (TPSA) is 73.8 Å². The van der Waals surface area contributed by atoms with E-state index in [2.05, 4.69) is 29.5 Å². The lowest BCUT2D eigenvalue weighted by Gasteiger charge is -2.18. The monoisotopic (exact) mass is 304 g/mol. The second-order valence-electron chi connectivity index (χ2n) is 5.13. The van der Waals surface area contributed by atoms with Gasteiger partial charge in [0, 0.05) is 33.2 Å². The Hall–Kier alpha value is -0.820. The highest BCUT2D eigenvalue weighted by Crippen LogP contribution is 2.11. The molecule has 118 valence electrons. The Morgan fingerprint density at radius 3 is 2.50 bits per heavy atom. The van der Waals surface area contributed by atoms with Crippen molar-refractivity contribution in [3.05, 3.63) is 0 Å². The molecule has 1 rings (SSSR count). The summed E-state index contributed by atoms with van der Waals surface area (Å²) < 4.78 is 24.9. The number of guanidine groups is 1. The summed E-state index contributed by atoms with van der Waals surface area (Å²) in [6.07, 6.45) is 3.03. The summed E-state index contributed by atoms with van der Waals surface area (Å²) in [6, 6.07) is 0. The zero-order valence-corrected chi connectivity index (χ0v) is 13.7. The Morgan fingerprint density at radius 1 is 1.30 bits per heavy atom. The zero-order chi connectivity index (χ0) is 15.0. The van der Waals surface area contributed by atoms with E-state index < -0.39 is 10.0 Å². The van der Waals surface area contributed by atoms with Gasteiger partial charge in [0.2, 0.25) is 10.0 Å². The van der Waals surface area contributed by atoms with Crippen LogP contribution in [-0.2, 0) is 10.0 Å². The minimum Gasteiger partial charge on any atom is -0.356 e. The van der Waals surface area contributed by atoms with Crippen LogP contribution in [0.3, 0.4) is 0 Å². The average molecular weight is 304 g/mol. The van der Waals surface area contributed by atoms with Crippen LogP contribution in [0, 0.1) is 5.92 Å². The number of aliphatic imine (C=N–C) groups is 1. The molecule has 1 heterocycles. The van der Waals surface area contributed by atoms with Crippen molar-refractivity contribution in [2.24, 2.45) is 10.9 Å². The van der Waals surface area contributed by atoms with Crippen LogP contribution in [0.15, 0.2) is 4.99 Å². The Labute approximate surface area is 123 Å². The quantitative estimate of drug-likeness (QED) is 0.534. The SMILES string of the molecule is CCC(CC)CNC(=NC)NCCN1CCCS1(=O)=O. The largest absolute Gasteiger partial charge is 0.356 e. The molecule has 1 aliphatic heterocycles. The van der Waals surface area contributed by atoms with Crippen molar-refractivity contribution in [3.63, 3.8) is 0 Å². The van der Waals surface area contributed by atoms with Gasteiger partial charge in [0.25, 0.3) is 0 Å². The van der Waals surface area contributed by atoms with Crippen molar-refractivity contribution >= 4 is 16.0 Å². The summed E-state index contributed by atoms with van der Waals surface area (Å²) >= 11 is 0. The maximum Gasteiger partial charge on any atom is 0.214 e. The van der Waals surface area contributed by atoms with E-state index in [1.807, 2.05) is 0 Å². The third-order valence-corrected chi connectivity index (χ3v) is 5.75. The van der Waals surface area contributed by atoms with Gasteiger partial charge in [-0.2, -0.15) is 0 Å². The molecular formula is C13H28N4O2S. The number of sulfonamides is 1. The highest BCUT2D eigenvalue weighted by molar-refractivity contribution is 7.89. The number of hydrogen-bond donors (Lipinski definition) is 2. The molecule has 0 aromatic heterocycles. The van der Waals surface area contributed by atoms with Crippen molar-refractivity contribution in [3.8, 4) is 0 Å². The van der Waals surface area contributed by atoms with Gasteiger partial charge >= 0.3 is 0 Å². The molecule has 1 fully saturated rings. The average Bonchev–Trinajstić information content (AvgIpc) is 2.77. The summed E-state index contributed by atoms with van der Waals surface area (Å²) in [5.74, 6) is 1.68. The van der Waals surface area contributed by atoms with E-state index in [4.69, 9.17) is 0 Å². The predicted octanol–water partition coefficient (Wildman–Crippen LogP) is 0.623. The molecule has 6 nitrogen and oxygen atoms in total. The molecule has 1 aliphatic rings. The molecule has 0 atom stereocenters. The number of nitrogens with zero attached hydrogens (tertiary/aromatic N) is 2. The molecule has 2 N–H and O–H groups in total. The molecule has 0 saturated carbocycles. The van der Waals surface area contributed by atoms with Gasteiger partial charge in [0.05, 0.1) is 5.75 Å². The van der Waals surface area contributed by atoms with Crippen LogP contribution in [0.5, 0.6) is 0 Å². The van der Waals surface area contributed by atoms with Gasteiger partial charge in [-0.1, -0.05) is 26.7 Å². The first kappa shape index (κ1) is 17.2. The van der Waals surface area contributed by atoms with E-state index >= 15 is 0 Å². The highest BCUT2D eigenvalue weighted by Gasteiger charge is 2.27. The van der Waals surface area contributed by atoms with Crippen molar-refractivity contribution in [1.29, 1.82) is 0 Å². The van der Waals surface area contributed by atoms with Gasteiger partial charge in [-0.15, -0.1) is 0 Å². The van der Waals surface area contributed by atoms with E-state index in [9.17, 15) is 8.42 Å². The minimum atomic E-state index is -2.99. The first-order valence-electron chi connectivity index (χ1n) is 7.45.